The molecule has 0 radical (unpaired) electrons. The van der Waals surface area contributed by atoms with Gasteiger partial charge in [0.05, 0.1) is 26.9 Å². The molecule has 0 saturated carbocycles. The average Bonchev–Trinajstić information content (AvgIpc) is 3.72. The van der Waals surface area contributed by atoms with Crippen LogP contribution in [0.3, 0.4) is 0 Å². The third-order valence-corrected chi connectivity index (χ3v) is 9.18. The molecule has 7 nitrogen and oxygen atoms in total. The maximum Gasteiger partial charge on any atom is 0.254 e. The highest BCUT2D eigenvalue weighted by Gasteiger charge is 2.27. The molecule has 44 heavy (non-hydrogen) atoms. The molecule has 1 atom stereocenters. The summed E-state index contributed by atoms with van der Waals surface area (Å²) < 4.78 is 16.8. The lowest BCUT2D eigenvalue weighted by Crippen LogP contribution is -2.45. The van der Waals surface area contributed by atoms with Crippen LogP contribution in [0.1, 0.15) is 76.7 Å². The number of carbonyl (C=O) groups excluding carboxylic acids is 2. The Morgan fingerprint density at radius 2 is 1.68 bits per heavy atom. The Kier molecular flexibility index (Phi) is 13.1. The fourth-order valence-electron chi connectivity index (χ4n) is 5.62. The first-order chi connectivity index (χ1) is 21.4. The number of benzene rings is 2. The fraction of sp³-hybridized carbons (Fsp3) is 0.500. The summed E-state index contributed by atoms with van der Waals surface area (Å²) in [5.41, 5.74) is 2.90. The van der Waals surface area contributed by atoms with Crippen LogP contribution >= 0.6 is 11.3 Å². The van der Waals surface area contributed by atoms with Crippen LogP contribution in [-0.4, -0.2) is 68.2 Å². The van der Waals surface area contributed by atoms with Crippen LogP contribution in [0.4, 0.5) is 0 Å². The minimum absolute atomic E-state index is 0.00769. The second kappa shape index (κ2) is 17.2. The van der Waals surface area contributed by atoms with Crippen molar-refractivity contribution in [2.24, 2.45) is 0 Å². The first-order valence-corrected chi connectivity index (χ1v) is 16.8. The monoisotopic (exact) mass is 620 g/mol. The van der Waals surface area contributed by atoms with Crippen molar-refractivity contribution in [3.05, 3.63) is 81.0 Å². The summed E-state index contributed by atoms with van der Waals surface area (Å²) >= 11 is 1.69. The van der Waals surface area contributed by atoms with Gasteiger partial charge >= 0.3 is 0 Å². The second-order valence-electron chi connectivity index (χ2n) is 11.6. The first kappa shape index (κ1) is 33.5. The van der Waals surface area contributed by atoms with Crippen molar-refractivity contribution in [3.63, 3.8) is 0 Å². The van der Waals surface area contributed by atoms with Crippen molar-refractivity contribution in [2.45, 2.75) is 77.9 Å². The molecule has 4 rings (SSSR count). The molecular weight excluding hydrogens is 572 g/mol. The van der Waals surface area contributed by atoms with E-state index >= 15 is 0 Å². The standard InChI is InChI=1S/C36H48N2O5S/c1-5-6-7-8-10-28-13-16-30(17-14-28)36(40)38(24-31-11-9-22-43-31)26-35(39)37(25-32-18-12-27(2)44-32)21-20-29-15-19-33(41-3)34(23-29)42-4/h12-19,23,31H,5-11,20-22,24-26H2,1-4H3. The van der Waals surface area contributed by atoms with Gasteiger partial charge in [-0.3, -0.25) is 9.59 Å². The number of aryl methyl sites for hydroxylation is 2. The molecule has 238 valence electrons. The van der Waals surface area contributed by atoms with Gasteiger partial charge in [-0.25, -0.2) is 0 Å². The van der Waals surface area contributed by atoms with Crippen LogP contribution in [0.2, 0.25) is 0 Å². The SMILES string of the molecule is CCCCCCc1ccc(C(=O)N(CC(=O)N(CCc2ccc(OC)c(OC)c2)Cc2ccc(C)s2)CC2CCCO2)cc1. The second-order valence-corrected chi connectivity index (χ2v) is 13.0. The third kappa shape index (κ3) is 9.83. The maximum absolute atomic E-state index is 14.0. The Hall–Kier alpha value is -3.36. The fourth-order valence-corrected chi connectivity index (χ4v) is 6.53. The summed E-state index contributed by atoms with van der Waals surface area (Å²) in [6.45, 7) is 6.41. The number of hydrogen-bond acceptors (Lipinski definition) is 6. The predicted molar refractivity (Wildman–Crippen MR) is 177 cm³/mol. The summed E-state index contributed by atoms with van der Waals surface area (Å²) in [6.07, 6.45) is 8.33. The summed E-state index contributed by atoms with van der Waals surface area (Å²) in [4.78, 5) is 33.7. The lowest BCUT2D eigenvalue weighted by molar-refractivity contribution is -0.132. The normalized spacial score (nSPS) is 14.4. The molecule has 1 fully saturated rings. The molecule has 0 bridgehead atoms. The average molecular weight is 621 g/mol. The molecule has 1 aliphatic heterocycles. The molecule has 1 unspecified atom stereocenters. The van der Waals surface area contributed by atoms with E-state index in [1.165, 1.54) is 29.7 Å². The van der Waals surface area contributed by atoms with E-state index in [1.54, 1.807) is 30.5 Å². The molecule has 1 aliphatic rings. The Balaban J connectivity index is 1.49. The minimum atomic E-state index is -0.127. The molecule has 0 N–H and O–H groups in total. The molecule has 3 aromatic rings. The molecule has 1 saturated heterocycles. The number of nitrogens with zero attached hydrogens (tertiary/aromatic N) is 2. The van der Waals surface area contributed by atoms with Crippen LogP contribution in [0, 0.1) is 6.92 Å². The molecule has 0 spiro atoms. The van der Waals surface area contributed by atoms with Crippen LogP contribution < -0.4 is 9.47 Å². The van der Waals surface area contributed by atoms with Crippen LogP contribution in [-0.2, 0) is 28.9 Å². The van der Waals surface area contributed by atoms with Gasteiger partial charge in [-0.15, -0.1) is 11.3 Å². The highest BCUT2D eigenvalue weighted by molar-refractivity contribution is 7.11. The number of hydrogen-bond donors (Lipinski definition) is 0. The molecule has 0 aliphatic carbocycles. The van der Waals surface area contributed by atoms with E-state index in [-0.39, 0.29) is 24.5 Å². The van der Waals surface area contributed by atoms with Crippen molar-refractivity contribution < 1.29 is 23.8 Å². The molecule has 8 heteroatoms. The van der Waals surface area contributed by atoms with Crippen LogP contribution in [0.5, 0.6) is 11.5 Å². The molecule has 2 amide bonds. The number of methoxy groups -OCH3 is 2. The van der Waals surface area contributed by atoms with Crippen molar-refractivity contribution in [2.75, 3.05) is 40.5 Å². The van der Waals surface area contributed by atoms with E-state index in [0.717, 1.165) is 36.1 Å². The Morgan fingerprint density at radius 3 is 2.34 bits per heavy atom. The van der Waals surface area contributed by atoms with E-state index in [4.69, 9.17) is 14.2 Å². The van der Waals surface area contributed by atoms with Gasteiger partial charge in [0.2, 0.25) is 5.91 Å². The van der Waals surface area contributed by atoms with Gasteiger partial charge in [-0.2, -0.15) is 0 Å². The summed E-state index contributed by atoms with van der Waals surface area (Å²) in [5, 5.41) is 0. The Morgan fingerprint density at radius 1 is 0.909 bits per heavy atom. The topological polar surface area (TPSA) is 68.3 Å². The number of carbonyl (C=O) groups is 2. The van der Waals surface area contributed by atoms with E-state index in [1.807, 2.05) is 35.2 Å². The van der Waals surface area contributed by atoms with Crippen molar-refractivity contribution in [1.29, 1.82) is 0 Å². The van der Waals surface area contributed by atoms with Gasteiger partial charge in [0.15, 0.2) is 11.5 Å². The first-order valence-electron chi connectivity index (χ1n) is 15.9. The third-order valence-electron chi connectivity index (χ3n) is 8.20. The number of amides is 2. The molecule has 1 aromatic heterocycles. The number of ether oxygens (including phenoxy) is 3. The van der Waals surface area contributed by atoms with Gasteiger partial charge in [-0.1, -0.05) is 44.4 Å². The summed E-state index contributed by atoms with van der Waals surface area (Å²) in [5.74, 6) is 1.14. The largest absolute Gasteiger partial charge is 0.493 e. The zero-order chi connectivity index (χ0) is 31.3. The van der Waals surface area contributed by atoms with Crippen molar-refractivity contribution in [3.8, 4) is 11.5 Å². The van der Waals surface area contributed by atoms with Crippen LogP contribution in [0.25, 0.3) is 0 Å². The smallest absolute Gasteiger partial charge is 0.254 e. The Labute approximate surface area is 267 Å². The lowest BCUT2D eigenvalue weighted by Gasteiger charge is -2.29. The van der Waals surface area contributed by atoms with Crippen molar-refractivity contribution in [1.82, 2.24) is 9.80 Å². The number of rotatable bonds is 17. The van der Waals surface area contributed by atoms with E-state index in [2.05, 4.69) is 38.1 Å². The van der Waals surface area contributed by atoms with Crippen molar-refractivity contribution >= 4 is 23.2 Å². The van der Waals surface area contributed by atoms with E-state index in [0.29, 0.717) is 49.7 Å². The van der Waals surface area contributed by atoms with Crippen LogP contribution in [0.15, 0.2) is 54.6 Å². The molecule has 2 aromatic carbocycles. The Bertz CT molecular complexity index is 1330. The predicted octanol–water partition coefficient (Wildman–Crippen LogP) is 7.09. The highest BCUT2D eigenvalue weighted by atomic mass is 32.1. The van der Waals surface area contributed by atoms with E-state index < -0.39 is 0 Å². The van der Waals surface area contributed by atoms with Gasteiger partial charge in [0.1, 0.15) is 6.54 Å². The molecule has 2 heterocycles. The van der Waals surface area contributed by atoms with Gasteiger partial charge < -0.3 is 24.0 Å². The quantitative estimate of drug-likeness (QED) is 0.151. The van der Waals surface area contributed by atoms with Gasteiger partial charge in [-0.05, 0) is 86.6 Å². The zero-order valence-corrected chi connectivity index (χ0v) is 27.6. The van der Waals surface area contributed by atoms with Gasteiger partial charge in [0, 0.05) is 35.0 Å². The minimum Gasteiger partial charge on any atom is -0.493 e. The summed E-state index contributed by atoms with van der Waals surface area (Å²) in [6, 6.07) is 17.9. The molecular formula is C36H48N2O5S. The maximum atomic E-state index is 14.0. The number of unbranched alkanes of at least 4 members (excludes halogenated alkanes) is 3. The zero-order valence-electron chi connectivity index (χ0n) is 26.8. The van der Waals surface area contributed by atoms with E-state index in [9.17, 15) is 9.59 Å². The summed E-state index contributed by atoms with van der Waals surface area (Å²) in [7, 11) is 3.24. The van der Waals surface area contributed by atoms with Gasteiger partial charge in [0.25, 0.3) is 5.91 Å². The highest BCUT2D eigenvalue weighted by Crippen LogP contribution is 2.28. The lowest BCUT2D eigenvalue weighted by atomic mass is 10.0. The number of thiophene rings is 1.